The summed E-state index contributed by atoms with van der Waals surface area (Å²) in [4.78, 5) is 28.8. The Kier molecular flexibility index (Phi) is 7.42. The van der Waals surface area contributed by atoms with Crippen LogP contribution in [0.2, 0.25) is 0 Å². The quantitative estimate of drug-likeness (QED) is 0.723. The number of hydrogen-bond acceptors (Lipinski definition) is 4. The van der Waals surface area contributed by atoms with Gasteiger partial charge >= 0.3 is 0 Å². The smallest absolute Gasteiger partial charge is 0.240 e. The average Bonchev–Trinajstić information content (AvgIpc) is 3.27. The standard InChI is InChI=1S/C23H35N3O4S/c1-23(2,3)19-8-10-20(11-9-19)31(29,30)24-13-12-21(27)25-14-16-26(17-15-25)22(28)18-6-4-5-7-18/h8-11,18,24H,4-7,12-17H2,1-3H3. The lowest BCUT2D eigenvalue weighted by Crippen LogP contribution is -2.52. The Morgan fingerprint density at radius 2 is 1.52 bits per heavy atom. The van der Waals surface area contributed by atoms with Crippen molar-refractivity contribution < 1.29 is 18.0 Å². The van der Waals surface area contributed by atoms with Gasteiger partial charge < -0.3 is 9.80 Å². The molecule has 3 rings (SSSR count). The molecule has 0 aromatic heterocycles. The third-order valence-corrected chi connectivity index (χ3v) is 7.79. The molecule has 1 aliphatic heterocycles. The van der Waals surface area contributed by atoms with Crippen LogP contribution in [0.4, 0.5) is 0 Å². The van der Waals surface area contributed by atoms with E-state index in [1.807, 2.05) is 17.0 Å². The Morgan fingerprint density at radius 3 is 2.06 bits per heavy atom. The van der Waals surface area contributed by atoms with E-state index in [9.17, 15) is 18.0 Å². The SMILES string of the molecule is CC(C)(C)c1ccc(S(=O)(=O)NCCC(=O)N2CCN(C(=O)C3CCCC3)CC2)cc1. The second-order valence-corrected chi connectivity index (χ2v) is 11.4. The lowest BCUT2D eigenvalue weighted by atomic mass is 9.87. The van der Waals surface area contributed by atoms with Crippen molar-refractivity contribution in [2.24, 2.45) is 5.92 Å². The van der Waals surface area contributed by atoms with Crippen molar-refractivity contribution in [1.29, 1.82) is 0 Å². The summed E-state index contributed by atoms with van der Waals surface area (Å²) in [5, 5.41) is 0. The molecule has 7 nitrogen and oxygen atoms in total. The van der Waals surface area contributed by atoms with Crippen LogP contribution in [-0.2, 0) is 25.0 Å². The molecule has 0 radical (unpaired) electrons. The molecule has 0 unspecified atom stereocenters. The van der Waals surface area contributed by atoms with Crippen LogP contribution in [-0.4, -0.2) is 62.8 Å². The number of amides is 2. The number of piperazine rings is 1. The highest BCUT2D eigenvalue weighted by molar-refractivity contribution is 7.89. The molecule has 1 aromatic carbocycles. The zero-order chi connectivity index (χ0) is 22.6. The summed E-state index contributed by atoms with van der Waals surface area (Å²) in [6.07, 6.45) is 4.33. The maximum Gasteiger partial charge on any atom is 0.240 e. The van der Waals surface area contributed by atoms with E-state index in [1.165, 1.54) is 0 Å². The van der Waals surface area contributed by atoms with E-state index in [-0.39, 0.29) is 41.0 Å². The molecule has 0 spiro atoms. The first-order chi connectivity index (χ1) is 14.6. The largest absolute Gasteiger partial charge is 0.339 e. The van der Waals surface area contributed by atoms with Gasteiger partial charge in [-0.2, -0.15) is 0 Å². The van der Waals surface area contributed by atoms with Crippen molar-refractivity contribution >= 4 is 21.8 Å². The molecule has 8 heteroatoms. The van der Waals surface area contributed by atoms with Gasteiger partial charge in [-0.15, -0.1) is 0 Å². The summed E-state index contributed by atoms with van der Waals surface area (Å²) in [7, 11) is -3.65. The molecule has 1 saturated heterocycles. The van der Waals surface area contributed by atoms with Gasteiger partial charge in [0, 0.05) is 45.1 Å². The number of sulfonamides is 1. The van der Waals surface area contributed by atoms with Gasteiger partial charge in [-0.3, -0.25) is 9.59 Å². The minimum absolute atomic E-state index is 0.0477. The fourth-order valence-electron chi connectivity index (χ4n) is 4.28. The first-order valence-corrected chi connectivity index (χ1v) is 12.7. The van der Waals surface area contributed by atoms with Gasteiger partial charge in [0.25, 0.3) is 0 Å². The summed E-state index contributed by atoms with van der Waals surface area (Å²) >= 11 is 0. The molecule has 2 aliphatic rings. The second kappa shape index (κ2) is 9.69. The highest BCUT2D eigenvalue weighted by atomic mass is 32.2. The Morgan fingerprint density at radius 1 is 0.968 bits per heavy atom. The summed E-state index contributed by atoms with van der Waals surface area (Å²) < 4.78 is 27.6. The monoisotopic (exact) mass is 449 g/mol. The minimum atomic E-state index is -3.65. The topological polar surface area (TPSA) is 86.8 Å². The lowest BCUT2D eigenvalue weighted by Gasteiger charge is -2.36. The first kappa shape index (κ1) is 23.7. The summed E-state index contributed by atoms with van der Waals surface area (Å²) in [5.41, 5.74) is 1.01. The van der Waals surface area contributed by atoms with Crippen LogP contribution >= 0.6 is 0 Å². The first-order valence-electron chi connectivity index (χ1n) is 11.2. The minimum Gasteiger partial charge on any atom is -0.339 e. The molecule has 172 valence electrons. The van der Waals surface area contributed by atoms with E-state index >= 15 is 0 Å². The van der Waals surface area contributed by atoms with Crippen LogP contribution in [0.3, 0.4) is 0 Å². The zero-order valence-corrected chi connectivity index (χ0v) is 19.7. The molecule has 1 aliphatic carbocycles. The third-order valence-electron chi connectivity index (χ3n) is 6.31. The molecular weight excluding hydrogens is 414 g/mol. The zero-order valence-electron chi connectivity index (χ0n) is 18.9. The van der Waals surface area contributed by atoms with Crippen LogP contribution in [0.1, 0.15) is 58.4 Å². The van der Waals surface area contributed by atoms with E-state index in [0.29, 0.717) is 26.2 Å². The average molecular weight is 450 g/mol. The predicted molar refractivity (Wildman–Crippen MR) is 120 cm³/mol. The van der Waals surface area contributed by atoms with Gasteiger partial charge in [-0.25, -0.2) is 13.1 Å². The molecule has 1 aromatic rings. The fourth-order valence-corrected chi connectivity index (χ4v) is 5.31. The number of nitrogens with one attached hydrogen (secondary N) is 1. The number of carbonyl (C=O) groups excluding carboxylic acids is 2. The Labute approximate surface area is 186 Å². The molecule has 31 heavy (non-hydrogen) atoms. The van der Waals surface area contributed by atoms with Crippen molar-refractivity contribution in [3.8, 4) is 0 Å². The third kappa shape index (κ3) is 6.07. The molecule has 2 amide bonds. The molecule has 1 saturated carbocycles. The van der Waals surface area contributed by atoms with Crippen LogP contribution < -0.4 is 4.72 Å². The molecular formula is C23H35N3O4S. The van der Waals surface area contributed by atoms with Gasteiger partial charge in [-0.1, -0.05) is 45.7 Å². The van der Waals surface area contributed by atoms with Crippen molar-refractivity contribution in [2.75, 3.05) is 32.7 Å². The molecule has 1 N–H and O–H groups in total. The second-order valence-electron chi connectivity index (χ2n) is 9.61. The Balaban J connectivity index is 1.44. The van der Waals surface area contributed by atoms with Gasteiger partial charge in [0.15, 0.2) is 0 Å². The molecule has 1 heterocycles. The molecule has 2 fully saturated rings. The van der Waals surface area contributed by atoms with E-state index < -0.39 is 10.0 Å². The number of nitrogens with zero attached hydrogens (tertiary/aromatic N) is 2. The van der Waals surface area contributed by atoms with Crippen molar-refractivity contribution in [3.05, 3.63) is 29.8 Å². The summed E-state index contributed by atoms with van der Waals surface area (Å²) in [5.74, 6) is 0.308. The van der Waals surface area contributed by atoms with Crippen molar-refractivity contribution in [2.45, 2.75) is 63.2 Å². The van der Waals surface area contributed by atoms with E-state index in [4.69, 9.17) is 0 Å². The maximum absolute atomic E-state index is 12.5. The van der Waals surface area contributed by atoms with Crippen LogP contribution in [0, 0.1) is 5.92 Å². The van der Waals surface area contributed by atoms with E-state index in [1.54, 1.807) is 17.0 Å². The van der Waals surface area contributed by atoms with Crippen LogP contribution in [0.25, 0.3) is 0 Å². The maximum atomic E-state index is 12.5. The fraction of sp³-hybridized carbons (Fsp3) is 0.652. The van der Waals surface area contributed by atoms with Gasteiger partial charge in [-0.05, 0) is 36.0 Å². The molecule has 0 atom stereocenters. The van der Waals surface area contributed by atoms with Gasteiger partial charge in [0.1, 0.15) is 0 Å². The van der Waals surface area contributed by atoms with Gasteiger partial charge in [0.05, 0.1) is 4.90 Å². The lowest BCUT2D eigenvalue weighted by molar-refractivity contribution is -0.142. The number of hydrogen-bond donors (Lipinski definition) is 1. The van der Waals surface area contributed by atoms with Crippen LogP contribution in [0.5, 0.6) is 0 Å². The number of benzene rings is 1. The van der Waals surface area contributed by atoms with Crippen molar-refractivity contribution in [1.82, 2.24) is 14.5 Å². The number of rotatable bonds is 6. The number of carbonyl (C=O) groups is 2. The van der Waals surface area contributed by atoms with E-state index in [0.717, 1.165) is 31.2 Å². The Bertz CT molecular complexity index is 876. The van der Waals surface area contributed by atoms with Gasteiger partial charge in [0.2, 0.25) is 21.8 Å². The van der Waals surface area contributed by atoms with E-state index in [2.05, 4.69) is 25.5 Å². The predicted octanol–water partition coefficient (Wildman–Crippen LogP) is 2.51. The Hall–Kier alpha value is -1.93. The summed E-state index contributed by atoms with van der Waals surface area (Å²) in [6, 6.07) is 6.86. The molecule has 0 bridgehead atoms. The highest BCUT2D eigenvalue weighted by Gasteiger charge is 2.30. The summed E-state index contributed by atoms with van der Waals surface area (Å²) in [6.45, 7) is 8.43. The normalized spacial score (nSPS) is 18.4. The van der Waals surface area contributed by atoms with Crippen LogP contribution in [0.15, 0.2) is 29.2 Å². The highest BCUT2D eigenvalue weighted by Crippen LogP contribution is 2.27. The van der Waals surface area contributed by atoms with Crippen molar-refractivity contribution in [3.63, 3.8) is 0 Å².